The summed E-state index contributed by atoms with van der Waals surface area (Å²) >= 11 is 1.97. The smallest absolute Gasteiger partial charge is 0.233 e. The Hall–Kier alpha value is -0.220. The molecular weight excluding hydrogens is 184 g/mol. The van der Waals surface area contributed by atoms with Crippen LogP contribution >= 0.6 is 11.8 Å². The summed E-state index contributed by atoms with van der Waals surface area (Å²) in [4.78, 5) is 11.1. The third kappa shape index (κ3) is 4.52. The number of carbonyl (C=O) groups excluding carboxylic acids is 1. The monoisotopic (exact) mass is 202 g/mol. The maximum absolute atomic E-state index is 11.1. The van der Waals surface area contributed by atoms with Gasteiger partial charge in [-0.3, -0.25) is 4.79 Å². The van der Waals surface area contributed by atoms with Crippen molar-refractivity contribution in [1.29, 1.82) is 0 Å². The average molecular weight is 202 g/mol. The fourth-order valence-electron chi connectivity index (χ4n) is 1.40. The number of hydrogen-bond acceptors (Lipinski definition) is 3. The van der Waals surface area contributed by atoms with E-state index >= 15 is 0 Å². The quantitative estimate of drug-likeness (QED) is 0.702. The summed E-state index contributed by atoms with van der Waals surface area (Å²) in [6, 6.07) is 0.543. The summed E-state index contributed by atoms with van der Waals surface area (Å²) in [5.41, 5.74) is 0. The Balaban J connectivity index is 2.06. The van der Waals surface area contributed by atoms with Crippen LogP contribution in [0.15, 0.2) is 0 Å². The predicted molar refractivity (Wildman–Crippen MR) is 57.0 cm³/mol. The maximum atomic E-state index is 11.1. The molecule has 1 unspecified atom stereocenters. The molecule has 0 aromatic heterocycles. The molecule has 1 atom stereocenters. The highest BCUT2D eigenvalue weighted by molar-refractivity contribution is 7.99. The van der Waals surface area contributed by atoms with Crippen molar-refractivity contribution in [3.8, 4) is 0 Å². The van der Waals surface area contributed by atoms with Crippen molar-refractivity contribution in [3.63, 3.8) is 0 Å². The van der Waals surface area contributed by atoms with Gasteiger partial charge < -0.3 is 10.6 Å². The standard InChI is InChI=1S/C9H18N2OS/c1-2-10-9(12)6-11-8-4-3-5-13-7-8/h8,11H,2-7H2,1H3,(H,10,12). The van der Waals surface area contributed by atoms with Crippen molar-refractivity contribution >= 4 is 17.7 Å². The molecule has 76 valence electrons. The van der Waals surface area contributed by atoms with Crippen molar-refractivity contribution in [2.75, 3.05) is 24.6 Å². The van der Waals surface area contributed by atoms with Crippen LogP contribution < -0.4 is 10.6 Å². The zero-order valence-electron chi connectivity index (χ0n) is 8.14. The molecule has 0 bridgehead atoms. The summed E-state index contributed by atoms with van der Waals surface area (Å²) in [6.07, 6.45) is 2.49. The van der Waals surface area contributed by atoms with Gasteiger partial charge in [0.15, 0.2) is 0 Å². The van der Waals surface area contributed by atoms with Gasteiger partial charge >= 0.3 is 0 Å². The van der Waals surface area contributed by atoms with Crippen molar-refractivity contribution in [2.45, 2.75) is 25.8 Å². The van der Waals surface area contributed by atoms with Gasteiger partial charge in [0, 0.05) is 18.3 Å². The van der Waals surface area contributed by atoms with Crippen LogP contribution in [-0.4, -0.2) is 36.5 Å². The molecule has 0 aromatic rings. The molecule has 0 spiro atoms. The van der Waals surface area contributed by atoms with Crippen LogP contribution in [0.4, 0.5) is 0 Å². The molecule has 0 saturated carbocycles. The second-order valence-corrected chi connectivity index (χ2v) is 4.40. The van der Waals surface area contributed by atoms with E-state index < -0.39 is 0 Å². The number of hydrogen-bond donors (Lipinski definition) is 2. The highest BCUT2D eigenvalue weighted by atomic mass is 32.2. The molecule has 0 aromatic carbocycles. The molecular formula is C9H18N2OS. The van der Waals surface area contributed by atoms with Crippen LogP contribution in [0.2, 0.25) is 0 Å². The molecule has 1 heterocycles. The van der Waals surface area contributed by atoms with E-state index in [0.717, 1.165) is 12.3 Å². The van der Waals surface area contributed by atoms with Crippen LogP contribution in [0.25, 0.3) is 0 Å². The third-order valence-corrected chi connectivity index (χ3v) is 3.30. The molecule has 1 aliphatic rings. The van der Waals surface area contributed by atoms with Gasteiger partial charge in [0.1, 0.15) is 0 Å². The van der Waals surface area contributed by atoms with Crippen LogP contribution in [0.3, 0.4) is 0 Å². The molecule has 4 heteroatoms. The molecule has 1 saturated heterocycles. The fraction of sp³-hybridized carbons (Fsp3) is 0.889. The Labute approximate surface area is 84.0 Å². The van der Waals surface area contributed by atoms with Gasteiger partial charge in [0.05, 0.1) is 6.54 Å². The zero-order valence-corrected chi connectivity index (χ0v) is 8.95. The first kappa shape index (κ1) is 10.9. The highest BCUT2D eigenvalue weighted by Gasteiger charge is 2.13. The van der Waals surface area contributed by atoms with Crippen molar-refractivity contribution in [3.05, 3.63) is 0 Å². The molecule has 3 nitrogen and oxygen atoms in total. The van der Waals surface area contributed by atoms with Crippen molar-refractivity contribution in [1.82, 2.24) is 10.6 Å². The largest absolute Gasteiger partial charge is 0.355 e. The van der Waals surface area contributed by atoms with E-state index in [1.54, 1.807) is 0 Å². The number of likely N-dealkylation sites (N-methyl/N-ethyl adjacent to an activating group) is 1. The van der Waals surface area contributed by atoms with E-state index in [2.05, 4.69) is 10.6 Å². The van der Waals surface area contributed by atoms with E-state index in [9.17, 15) is 4.79 Å². The van der Waals surface area contributed by atoms with Crippen molar-refractivity contribution in [2.24, 2.45) is 0 Å². The van der Waals surface area contributed by atoms with Gasteiger partial charge in [-0.25, -0.2) is 0 Å². The van der Waals surface area contributed by atoms with Crippen LogP contribution in [0.1, 0.15) is 19.8 Å². The summed E-state index contributed by atoms with van der Waals surface area (Å²) in [6.45, 7) is 3.13. The summed E-state index contributed by atoms with van der Waals surface area (Å²) in [5, 5.41) is 6.05. The van der Waals surface area contributed by atoms with Crippen LogP contribution in [0.5, 0.6) is 0 Å². The Morgan fingerprint density at radius 3 is 3.08 bits per heavy atom. The van der Waals surface area contributed by atoms with Crippen LogP contribution in [-0.2, 0) is 4.79 Å². The normalized spacial score (nSPS) is 22.7. The minimum atomic E-state index is 0.109. The summed E-state index contributed by atoms with van der Waals surface area (Å²) in [7, 11) is 0. The van der Waals surface area contributed by atoms with E-state index in [-0.39, 0.29) is 5.91 Å². The lowest BCUT2D eigenvalue weighted by Gasteiger charge is -2.22. The molecule has 1 rings (SSSR count). The van der Waals surface area contributed by atoms with Gasteiger partial charge in [-0.05, 0) is 25.5 Å². The Morgan fingerprint density at radius 2 is 2.46 bits per heavy atom. The minimum Gasteiger partial charge on any atom is -0.355 e. The molecule has 2 N–H and O–H groups in total. The highest BCUT2D eigenvalue weighted by Crippen LogP contribution is 2.16. The van der Waals surface area contributed by atoms with Crippen LogP contribution in [0, 0.1) is 0 Å². The molecule has 0 radical (unpaired) electrons. The summed E-state index contributed by atoms with van der Waals surface area (Å²) in [5.74, 6) is 2.54. The summed E-state index contributed by atoms with van der Waals surface area (Å²) < 4.78 is 0. The molecule has 0 aliphatic carbocycles. The zero-order chi connectivity index (χ0) is 9.52. The van der Waals surface area contributed by atoms with Gasteiger partial charge in [0.2, 0.25) is 5.91 Å². The Kier molecular flexibility index (Phi) is 5.23. The lowest BCUT2D eigenvalue weighted by Crippen LogP contribution is -2.41. The van der Waals surface area contributed by atoms with E-state index in [1.807, 2.05) is 18.7 Å². The SMILES string of the molecule is CCNC(=O)CNC1CCCSC1. The fourth-order valence-corrected chi connectivity index (χ4v) is 2.50. The number of amides is 1. The minimum absolute atomic E-state index is 0.109. The number of rotatable bonds is 4. The van der Waals surface area contributed by atoms with E-state index in [0.29, 0.717) is 12.6 Å². The van der Waals surface area contributed by atoms with E-state index in [4.69, 9.17) is 0 Å². The first-order valence-electron chi connectivity index (χ1n) is 4.90. The number of thioether (sulfide) groups is 1. The molecule has 1 amide bonds. The molecule has 1 aliphatic heterocycles. The van der Waals surface area contributed by atoms with Crippen molar-refractivity contribution < 1.29 is 4.79 Å². The number of nitrogens with one attached hydrogen (secondary N) is 2. The van der Waals surface area contributed by atoms with E-state index in [1.165, 1.54) is 18.6 Å². The lowest BCUT2D eigenvalue weighted by molar-refractivity contribution is -0.120. The van der Waals surface area contributed by atoms with Gasteiger partial charge in [-0.1, -0.05) is 0 Å². The topological polar surface area (TPSA) is 41.1 Å². The first-order chi connectivity index (χ1) is 6.33. The second kappa shape index (κ2) is 6.27. The average Bonchev–Trinajstić information content (AvgIpc) is 2.17. The number of carbonyl (C=O) groups is 1. The Morgan fingerprint density at radius 1 is 1.62 bits per heavy atom. The molecule has 1 fully saturated rings. The second-order valence-electron chi connectivity index (χ2n) is 3.25. The van der Waals surface area contributed by atoms with Gasteiger partial charge in [-0.15, -0.1) is 0 Å². The third-order valence-electron chi connectivity index (χ3n) is 2.09. The predicted octanol–water partition coefficient (Wildman–Crippen LogP) is 0.608. The lowest BCUT2D eigenvalue weighted by atomic mass is 10.2. The Bertz CT molecular complexity index is 158. The van der Waals surface area contributed by atoms with Gasteiger partial charge in [0.25, 0.3) is 0 Å². The molecule has 13 heavy (non-hydrogen) atoms. The maximum Gasteiger partial charge on any atom is 0.233 e. The first-order valence-corrected chi connectivity index (χ1v) is 6.06. The van der Waals surface area contributed by atoms with Gasteiger partial charge in [-0.2, -0.15) is 11.8 Å².